The number of hydrogen-bond donors (Lipinski definition) is 2. The standard InChI is InChI=1S/C15H20FN3O3S/c1-2-8-17-15(20)19-9-4-6-13(11-19)18-23(21,22)14-7-3-5-12(16)10-14/h2-3,5,7,10,13,18H,1,4,6,8-9,11H2,(H,17,20)/t13-/m0/s1. The van der Waals surface area contributed by atoms with Crippen LogP contribution in [0.2, 0.25) is 0 Å². The van der Waals surface area contributed by atoms with Crippen molar-refractivity contribution in [1.82, 2.24) is 14.9 Å². The molecule has 23 heavy (non-hydrogen) atoms. The summed E-state index contributed by atoms with van der Waals surface area (Å²) in [5, 5.41) is 2.67. The van der Waals surface area contributed by atoms with Crippen LogP contribution in [-0.2, 0) is 10.0 Å². The molecule has 0 aromatic heterocycles. The van der Waals surface area contributed by atoms with Crippen molar-refractivity contribution >= 4 is 16.1 Å². The number of sulfonamides is 1. The van der Waals surface area contributed by atoms with E-state index < -0.39 is 21.9 Å². The molecule has 0 saturated carbocycles. The van der Waals surface area contributed by atoms with E-state index in [2.05, 4.69) is 16.6 Å². The molecule has 126 valence electrons. The molecular formula is C15H20FN3O3S. The van der Waals surface area contributed by atoms with E-state index in [0.717, 1.165) is 6.07 Å². The van der Waals surface area contributed by atoms with Gasteiger partial charge in [0.1, 0.15) is 5.82 Å². The third kappa shape index (κ3) is 4.77. The molecule has 0 unspecified atom stereocenters. The van der Waals surface area contributed by atoms with E-state index in [1.165, 1.54) is 18.2 Å². The van der Waals surface area contributed by atoms with E-state index in [1.807, 2.05) is 0 Å². The summed E-state index contributed by atoms with van der Waals surface area (Å²) in [7, 11) is -3.81. The van der Waals surface area contributed by atoms with E-state index in [9.17, 15) is 17.6 Å². The predicted molar refractivity (Wildman–Crippen MR) is 84.9 cm³/mol. The number of amides is 2. The Kier molecular flexibility index (Phi) is 5.73. The van der Waals surface area contributed by atoms with E-state index in [1.54, 1.807) is 11.0 Å². The lowest BCUT2D eigenvalue weighted by atomic mass is 10.1. The van der Waals surface area contributed by atoms with Crippen molar-refractivity contribution in [3.05, 3.63) is 42.7 Å². The van der Waals surface area contributed by atoms with Crippen molar-refractivity contribution in [1.29, 1.82) is 0 Å². The summed E-state index contributed by atoms with van der Waals surface area (Å²) in [6.45, 7) is 4.73. The van der Waals surface area contributed by atoms with Gasteiger partial charge in [-0.3, -0.25) is 0 Å². The first-order chi connectivity index (χ1) is 10.9. The van der Waals surface area contributed by atoms with Crippen LogP contribution < -0.4 is 10.0 Å². The zero-order valence-corrected chi connectivity index (χ0v) is 13.5. The van der Waals surface area contributed by atoms with E-state index in [-0.39, 0.29) is 17.5 Å². The SMILES string of the molecule is C=CCNC(=O)N1CCC[C@H](NS(=O)(=O)c2cccc(F)c2)C1. The zero-order valence-electron chi connectivity index (χ0n) is 12.7. The van der Waals surface area contributed by atoms with Crippen LogP contribution in [0, 0.1) is 5.82 Å². The second-order valence-electron chi connectivity index (χ2n) is 5.34. The quantitative estimate of drug-likeness (QED) is 0.796. The van der Waals surface area contributed by atoms with Gasteiger partial charge >= 0.3 is 6.03 Å². The summed E-state index contributed by atoms with van der Waals surface area (Å²) in [6.07, 6.45) is 2.89. The van der Waals surface area contributed by atoms with Crippen molar-refractivity contribution in [2.75, 3.05) is 19.6 Å². The first-order valence-electron chi connectivity index (χ1n) is 7.34. The number of carbonyl (C=O) groups excluding carboxylic acids is 1. The first-order valence-corrected chi connectivity index (χ1v) is 8.82. The van der Waals surface area contributed by atoms with Crippen molar-refractivity contribution in [3.63, 3.8) is 0 Å². The van der Waals surface area contributed by atoms with Gasteiger partial charge in [0.2, 0.25) is 10.0 Å². The van der Waals surface area contributed by atoms with Gasteiger partial charge in [0, 0.05) is 25.7 Å². The Morgan fingerprint density at radius 2 is 2.26 bits per heavy atom. The van der Waals surface area contributed by atoms with Gasteiger partial charge in [-0.15, -0.1) is 6.58 Å². The minimum Gasteiger partial charge on any atom is -0.335 e. The average Bonchev–Trinajstić information content (AvgIpc) is 2.52. The highest BCUT2D eigenvalue weighted by Crippen LogP contribution is 2.15. The molecule has 0 radical (unpaired) electrons. The second-order valence-corrected chi connectivity index (χ2v) is 7.05. The van der Waals surface area contributed by atoms with E-state index >= 15 is 0 Å². The maximum absolute atomic E-state index is 13.2. The molecule has 0 aliphatic carbocycles. The molecule has 1 atom stereocenters. The lowest BCUT2D eigenvalue weighted by molar-refractivity contribution is 0.178. The number of benzene rings is 1. The number of piperidine rings is 1. The molecular weight excluding hydrogens is 321 g/mol. The highest BCUT2D eigenvalue weighted by Gasteiger charge is 2.27. The highest BCUT2D eigenvalue weighted by molar-refractivity contribution is 7.89. The summed E-state index contributed by atoms with van der Waals surface area (Å²) in [5.74, 6) is -0.609. The van der Waals surface area contributed by atoms with Crippen LogP contribution in [0.25, 0.3) is 0 Å². The minimum atomic E-state index is -3.81. The number of likely N-dealkylation sites (tertiary alicyclic amines) is 1. The number of nitrogens with zero attached hydrogens (tertiary/aromatic N) is 1. The molecule has 1 aromatic carbocycles. The normalized spacial score (nSPS) is 18.5. The fourth-order valence-electron chi connectivity index (χ4n) is 2.45. The summed E-state index contributed by atoms with van der Waals surface area (Å²) in [4.78, 5) is 13.4. The van der Waals surface area contributed by atoms with Crippen molar-refractivity contribution in [3.8, 4) is 0 Å². The molecule has 2 N–H and O–H groups in total. The number of rotatable bonds is 5. The number of urea groups is 1. The maximum Gasteiger partial charge on any atom is 0.317 e. The molecule has 0 bridgehead atoms. The van der Waals surface area contributed by atoms with E-state index in [0.29, 0.717) is 25.9 Å². The number of hydrogen-bond acceptors (Lipinski definition) is 3. The summed E-state index contributed by atoms with van der Waals surface area (Å²) in [5.41, 5.74) is 0. The Labute approximate surface area is 135 Å². The third-order valence-corrected chi connectivity index (χ3v) is 5.05. The molecule has 0 spiro atoms. The van der Waals surface area contributed by atoms with Gasteiger partial charge < -0.3 is 10.2 Å². The lowest BCUT2D eigenvalue weighted by Gasteiger charge is -2.32. The number of nitrogens with one attached hydrogen (secondary N) is 2. The molecule has 2 amide bonds. The van der Waals surface area contributed by atoms with Crippen molar-refractivity contribution in [2.24, 2.45) is 0 Å². The lowest BCUT2D eigenvalue weighted by Crippen LogP contribution is -2.52. The number of carbonyl (C=O) groups is 1. The van der Waals surface area contributed by atoms with Crippen molar-refractivity contribution in [2.45, 2.75) is 23.8 Å². The fraction of sp³-hybridized carbons (Fsp3) is 0.400. The summed E-state index contributed by atoms with van der Waals surface area (Å²) >= 11 is 0. The van der Waals surface area contributed by atoms with Crippen molar-refractivity contribution < 1.29 is 17.6 Å². The molecule has 1 saturated heterocycles. The molecule has 8 heteroatoms. The Balaban J connectivity index is 2.02. The smallest absolute Gasteiger partial charge is 0.317 e. The molecule has 1 aliphatic heterocycles. The summed E-state index contributed by atoms with van der Waals surface area (Å²) < 4.78 is 40.3. The van der Waals surface area contributed by atoms with Gasteiger partial charge in [0.25, 0.3) is 0 Å². The Hall–Kier alpha value is -1.93. The second kappa shape index (κ2) is 7.56. The maximum atomic E-state index is 13.2. The largest absolute Gasteiger partial charge is 0.335 e. The van der Waals surface area contributed by atoms with Gasteiger partial charge in [-0.25, -0.2) is 22.3 Å². The Bertz CT molecular complexity index is 678. The fourth-order valence-corrected chi connectivity index (χ4v) is 3.74. The van der Waals surface area contributed by atoms with Crippen LogP contribution in [0.1, 0.15) is 12.8 Å². The van der Waals surface area contributed by atoms with Gasteiger partial charge in [-0.2, -0.15) is 0 Å². The monoisotopic (exact) mass is 341 g/mol. The van der Waals surface area contributed by atoms with Crippen LogP contribution in [0.15, 0.2) is 41.8 Å². The van der Waals surface area contributed by atoms with Crippen LogP contribution >= 0.6 is 0 Å². The van der Waals surface area contributed by atoms with Gasteiger partial charge in [-0.1, -0.05) is 12.1 Å². The molecule has 1 fully saturated rings. The molecule has 2 rings (SSSR count). The molecule has 6 nitrogen and oxygen atoms in total. The minimum absolute atomic E-state index is 0.120. The average molecular weight is 341 g/mol. The third-order valence-electron chi connectivity index (χ3n) is 3.53. The zero-order chi connectivity index (χ0) is 16.9. The van der Waals surface area contributed by atoms with Gasteiger partial charge in [0.05, 0.1) is 4.90 Å². The van der Waals surface area contributed by atoms with Gasteiger partial charge in [-0.05, 0) is 31.0 Å². The van der Waals surface area contributed by atoms with Crippen LogP contribution in [0.3, 0.4) is 0 Å². The topological polar surface area (TPSA) is 78.5 Å². The van der Waals surface area contributed by atoms with E-state index in [4.69, 9.17) is 0 Å². The Morgan fingerprint density at radius 3 is 2.96 bits per heavy atom. The van der Waals surface area contributed by atoms with Gasteiger partial charge in [0.15, 0.2) is 0 Å². The molecule has 1 aliphatic rings. The molecule has 1 heterocycles. The van der Waals surface area contributed by atoms with Crippen LogP contribution in [0.5, 0.6) is 0 Å². The summed E-state index contributed by atoms with van der Waals surface area (Å²) in [6, 6.07) is 4.19. The highest BCUT2D eigenvalue weighted by atomic mass is 32.2. The molecule has 1 aromatic rings. The van der Waals surface area contributed by atoms with Crippen LogP contribution in [0.4, 0.5) is 9.18 Å². The Morgan fingerprint density at radius 1 is 1.48 bits per heavy atom. The first kappa shape index (κ1) is 17.4. The number of halogens is 1. The predicted octanol–water partition coefficient (Wildman–Crippen LogP) is 1.46. The van der Waals surface area contributed by atoms with Crippen LogP contribution in [-0.4, -0.2) is 45.0 Å².